The number of rotatable bonds is 2. The lowest BCUT2D eigenvalue weighted by atomic mass is 10.0. The van der Waals surface area contributed by atoms with E-state index in [2.05, 4.69) is 16.4 Å². The van der Waals surface area contributed by atoms with E-state index >= 15 is 0 Å². The molecule has 1 aliphatic rings. The smallest absolute Gasteiger partial charge is 0.142 e. The van der Waals surface area contributed by atoms with E-state index in [1.807, 2.05) is 48.0 Å². The Morgan fingerprint density at radius 1 is 1.19 bits per heavy atom. The van der Waals surface area contributed by atoms with Gasteiger partial charge in [-0.3, -0.25) is 4.68 Å². The summed E-state index contributed by atoms with van der Waals surface area (Å²) in [5, 5.41) is 17.7. The number of pyridine rings is 1. The molecule has 3 heterocycles. The number of nitrogens with two attached hydrogens (primary N) is 1. The van der Waals surface area contributed by atoms with E-state index in [4.69, 9.17) is 10.8 Å². The van der Waals surface area contributed by atoms with Gasteiger partial charge in [-0.15, -0.1) is 12.4 Å². The molecule has 0 spiro atoms. The number of benzene rings is 1. The summed E-state index contributed by atoms with van der Waals surface area (Å²) in [6.07, 6.45) is 1.03. The lowest BCUT2D eigenvalue weighted by Gasteiger charge is -2.09. The third-order valence-corrected chi connectivity index (χ3v) is 4.68. The summed E-state index contributed by atoms with van der Waals surface area (Å²) in [7, 11) is 0. The zero-order valence-electron chi connectivity index (χ0n) is 15.1. The van der Waals surface area contributed by atoms with Crippen molar-refractivity contribution in [2.75, 3.05) is 12.3 Å². The Bertz CT molecular complexity index is 977. The van der Waals surface area contributed by atoms with Crippen LogP contribution in [0.3, 0.4) is 0 Å². The predicted octanol–water partition coefficient (Wildman–Crippen LogP) is 3.29. The van der Waals surface area contributed by atoms with Crippen molar-refractivity contribution in [1.29, 1.82) is 5.26 Å². The number of fused-ring (bicyclic) bond motifs is 1. The Kier molecular flexibility index (Phi) is 5.45. The van der Waals surface area contributed by atoms with Gasteiger partial charge in [0, 0.05) is 24.2 Å². The first-order valence-corrected chi connectivity index (χ1v) is 8.71. The molecule has 0 atom stereocenters. The van der Waals surface area contributed by atoms with E-state index in [1.165, 1.54) is 5.56 Å². The number of nitrogens with one attached hydrogen (secondary N) is 1. The molecule has 3 N–H and O–H groups in total. The normalized spacial score (nSPS) is 13.2. The number of anilines is 1. The van der Waals surface area contributed by atoms with E-state index < -0.39 is 0 Å². The summed E-state index contributed by atoms with van der Waals surface area (Å²) < 4.78 is 2.01. The highest BCUT2D eigenvalue weighted by atomic mass is 35.5. The molecule has 0 bridgehead atoms. The number of nitriles is 1. The SMILES string of the molecule is Cc1ccc(-c2cc(-c3cc4n(n3)CCCNC4)c(C#N)c(N)n2)cc1.Cl. The molecule has 3 aromatic rings. The van der Waals surface area contributed by atoms with E-state index in [-0.39, 0.29) is 18.2 Å². The Hall–Kier alpha value is -2.88. The van der Waals surface area contributed by atoms with E-state index in [0.717, 1.165) is 54.3 Å². The fraction of sp³-hybridized carbons (Fsp3) is 0.250. The molecule has 1 aromatic carbocycles. The Labute approximate surface area is 164 Å². The average Bonchev–Trinajstić information content (AvgIpc) is 2.92. The highest BCUT2D eigenvalue weighted by Gasteiger charge is 2.18. The number of nitrogens with zero attached hydrogens (tertiary/aromatic N) is 4. The topological polar surface area (TPSA) is 92.5 Å². The van der Waals surface area contributed by atoms with Crippen molar-refractivity contribution in [2.24, 2.45) is 0 Å². The molecule has 0 radical (unpaired) electrons. The minimum absolute atomic E-state index is 0. The van der Waals surface area contributed by atoms with Crippen LogP contribution < -0.4 is 11.1 Å². The van der Waals surface area contributed by atoms with Crippen LogP contribution in [0, 0.1) is 18.3 Å². The largest absolute Gasteiger partial charge is 0.383 e. The molecular weight excluding hydrogens is 360 g/mol. The summed E-state index contributed by atoms with van der Waals surface area (Å²) in [6, 6.07) is 14.2. The minimum Gasteiger partial charge on any atom is -0.383 e. The van der Waals surface area contributed by atoms with Crippen molar-refractivity contribution < 1.29 is 0 Å². The molecule has 2 aromatic heterocycles. The van der Waals surface area contributed by atoms with Crippen molar-refractivity contribution in [1.82, 2.24) is 20.1 Å². The standard InChI is InChI=1S/C20H20N6.ClH/c1-13-3-5-14(6-4-13)18-10-16(17(11-21)20(22)24-18)19-9-15-12-23-7-2-8-26(15)25-19;/h3-6,9-10,23H,2,7-8,12H2,1H3,(H2,22,24);1H. The van der Waals surface area contributed by atoms with Gasteiger partial charge in [0.1, 0.15) is 17.5 Å². The third-order valence-electron chi connectivity index (χ3n) is 4.68. The molecule has 6 nitrogen and oxygen atoms in total. The summed E-state index contributed by atoms with van der Waals surface area (Å²) >= 11 is 0. The van der Waals surface area contributed by atoms with Crippen LogP contribution in [-0.4, -0.2) is 21.3 Å². The molecule has 4 rings (SSSR count). The molecule has 1 aliphatic heterocycles. The maximum atomic E-state index is 9.59. The first-order chi connectivity index (χ1) is 12.7. The first kappa shape index (κ1) is 18.9. The van der Waals surface area contributed by atoms with Crippen LogP contribution in [0.1, 0.15) is 23.2 Å². The molecule has 0 unspecified atom stereocenters. The van der Waals surface area contributed by atoms with Crippen LogP contribution >= 0.6 is 12.4 Å². The molecular formula is C20H21ClN6. The second-order valence-electron chi connectivity index (χ2n) is 6.57. The number of aryl methyl sites for hydroxylation is 2. The van der Waals surface area contributed by atoms with Gasteiger partial charge in [-0.2, -0.15) is 10.4 Å². The molecule has 0 aliphatic carbocycles. The first-order valence-electron chi connectivity index (χ1n) is 8.71. The number of hydrogen-bond acceptors (Lipinski definition) is 5. The monoisotopic (exact) mass is 380 g/mol. The fourth-order valence-electron chi connectivity index (χ4n) is 3.25. The second-order valence-corrected chi connectivity index (χ2v) is 6.57. The molecule has 0 amide bonds. The molecule has 27 heavy (non-hydrogen) atoms. The van der Waals surface area contributed by atoms with E-state index in [9.17, 15) is 5.26 Å². The lowest BCUT2D eigenvalue weighted by molar-refractivity contribution is 0.589. The van der Waals surface area contributed by atoms with Gasteiger partial charge in [0.25, 0.3) is 0 Å². The van der Waals surface area contributed by atoms with Gasteiger partial charge in [-0.05, 0) is 32.0 Å². The molecule has 0 fully saturated rings. The Morgan fingerprint density at radius 3 is 2.70 bits per heavy atom. The van der Waals surface area contributed by atoms with Crippen LogP contribution in [0.15, 0.2) is 36.4 Å². The fourth-order valence-corrected chi connectivity index (χ4v) is 3.25. The van der Waals surface area contributed by atoms with Crippen LogP contribution in [0.2, 0.25) is 0 Å². The molecule has 0 saturated carbocycles. The van der Waals surface area contributed by atoms with Gasteiger partial charge in [-0.25, -0.2) is 4.98 Å². The quantitative estimate of drug-likeness (QED) is 0.711. The Morgan fingerprint density at radius 2 is 1.96 bits per heavy atom. The highest BCUT2D eigenvalue weighted by Crippen LogP contribution is 2.31. The van der Waals surface area contributed by atoms with Crippen LogP contribution in [-0.2, 0) is 13.1 Å². The van der Waals surface area contributed by atoms with Crippen molar-refractivity contribution in [3.05, 3.63) is 53.2 Å². The van der Waals surface area contributed by atoms with Crippen molar-refractivity contribution in [3.8, 4) is 28.6 Å². The van der Waals surface area contributed by atoms with Crippen molar-refractivity contribution in [3.63, 3.8) is 0 Å². The highest BCUT2D eigenvalue weighted by molar-refractivity contribution is 5.85. The van der Waals surface area contributed by atoms with Crippen molar-refractivity contribution >= 4 is 18.2 Å². The number of hydrogen-bond donors (Lipinski definition) is 2. The number of aromatic nitrogens is 3. The zero-order chi connectivity index (χ0) is 18.1. The van der Waals surface area contributed by atoms with E-state index in [0.29, 0.717) is 5.56 Å². The summed E-state index contributed by atoms with van der Waals surface area (Å²) in [6.45, 7) is 4.68. The van der Waals surface area contributed by atoms with Crippen LogP contribution in [0.25, 0.3) is 22.5 Å². The van der Waals surface area contributed by atoms with E-state index in [1.54, 1.807) is 0 Å². The number of halogens is 1. The maximum Gasteiger partial charge on any atom is 0.142 e. The second kappa shape index (κ2) is 7.78. The van der Waals surface area contributed by atoms with Gasteiger partial charge in [0.05, 0.1) is 17.1 Å². The third kappa shape index (κ3) is 3.65. The summed E-state index contributed by atoms with van der Waals surface area (Å²) in [4.78, 5) is 4.44. The van der Waals surface area contributed by atoms with Gasteiger partial charge >= 0.3 is 0 Å². The van der Waals surface area contributed by atoms with Gasteiger partial charge in [0.15, 0.2) is 0 Å². The molecule has 138 valence electrons. The summed E-state index contributed by atoms with van der Waals surface area (Å²) in [5.74, 6) is 0.238. The average molecular weight is 381 g/mol. The van der Waals surface area contributed by atoms with Gasteiger partial charge < -0.3 is 11.1 Å². The summed E-state index contributed by atoms with van der Waals surface area (Å²) in [5.41, 5.74) is 12.0. The Balaban J connectivity index is 0.00000210. The van der Waals surface area contributed by atoms with Crippen LogP contribution in [0.5, 0.6) is 0 Å². The minimum atomic E-state index is 0. The zero-order valence-corrected chi connectivity index (χ0v) is 15.9. The molecule has 7 heteroatoms. The van der Waals surface area contributed by atoms with Gasteiger partial charge in [0.2, 0.25) is 0 Å². The lowest BCUT2D eigenvalue weighted by Crippen LogP contribution is -2.11. The maximum absolute atomic E-state index is 9.59. The molecule has 0 saturated heterocycles. The van der Waals surface area contributed by atoms with Crippen LogP contribution in [0.4, 0.5) is 5.82 Å². The number of nitrogen functional groups attached to an aromatic ring is 1. The van der Waals surface area contributed by atoms with Crippen molar-refractivity contribution in [2.45, 2.75) is 26.4 Å². The van der Waals surface area contributed by atoms with Gasteiger partial charge in [-0.1, -0.05) is 29.8 Å². The predicted molar refractivity (Wildman–Crippen MR) is 108 cm³/mol.